The van der Waals surface area contributed by atoms with Crippen molar-refractivity contribution in [1.29, 1.82) is 0 Å². The number of fused-ring (bicyclic) bond motifs is 2. The minimum atomic E-state index is 0.164. The van der Waals surface area contributed by atoms with Gasteiger partial charge in [-0.3, -0.25) is 4.79 Å². The first-order valence-electron chi connectivity index (χ1n) is 6.42. The molecule has 2 bridgehead atoms. The van der Waals surface area contributed by atoms with E-state index < -0.39 is 0 Å². The van der Waals surface area contributed by atoms with Crippen molar-refractivity contribution in [2.45, 2.75) is 43.8 Å². The van der Waals surface area contributed by atoms with Gasteiger partial charge in [0.1, 0.15) is 0 Å². The summed E-state index contributed by atoms with van der Waals surface area (Å²) >= 11 is 4.93. The second kappa shape index (κ2) is 4.94. The maximum absolute atomic E-state index is 12.4. The van der Waals surface area contributed by atoms with Crippen molar-refractivity contribution in [3.05, 3.63) is 20.8 Å². The smallest absolute Gasteiger partial charge is 0.263 e. The van der Waals surface area contributed by atoms with Gasteiger partial charge in [0.25, 0.3) is 5.91 Å². The summed E-state index contributed by atoms with van der Waals surface area (Å²) in [6.07, 6.45) is 4.75. The van der Waals surface area contributed by atoms with Crippen LogP contribution in [0.5, 0.6) is 0 Å². The number of thiophene rings is 1. The van der Waals surface area contributed by atoms with Crippen LogP contribution in [0.15, 0.2) is 15.9 Å². The summed E-state index contributed by atoms with van der Waals surface area (Å²) in [5.41, 5.74) is 0. The molecule has 2 atom stereocenters. The zero-order chi connectivity index (χ0) is 12.7. The number of piperidine rings is 1. The van der Waals surface area contributed by atoms with Gasteiger partial charge in [0.15, 0.2) is 0 Å². The van der Waals surface area contributed by atoms with E-state index in [0.29, 0.717) is 18.1 Å². The van der Waals surface area contributed by atoms with Crippen molar-refractivity contribution >= 4 is 33.2 Å². The number of rotatable bonds is 2. The summed E-state index contributed by atoms with van der Waals surface area (Å²) in [6, 6.07) is 5.50. The Morgan fingerprint density at radius 1 is 1.39 bits per heavy atom. The van der Waals surface area contributed by atoms with Crippen LogP contribution in [-0.4, -0.2) is 36.0 Å². The second-order valence-electron chi connectivity index (χ2n) is 5.28. The summed E-state index contributed by atoms with van der Waals surface area (Å²) < 4.78 is 1.02. The normalized spacial score (nSPS) is 30.4. The van der Waals surface area contributed by atoms with E-state index in [2.05, 4.69) is 21.2 Å². The van der Waals surface area contributed by atoms with Crippen LogP contribution in [0.4, 0.5) is 0 Å². The molecule has 2 saturated heterocycles. The maximum Gasteiger partial charge on any atom is 0.263 e. The van der Waals surface area contributed by atoms with E-state index in [4.69, 9.17) is 0 Å². The molecule has 3 rings (SSSR count). The number of carbonyl (C=O) groups is 1. The first-order chi connectivity index (χ1) is 8.63. The fourth-order valence-electron chi connectivity index (χ4n) is 3.11. The molecule has 18 heavy (non-hydrogen) atoms. The van der Waals surface area contributed by atoms with Crippen molar-refractivity contribution in [3.63, 3.8) is 0 Å². The molecule has 0 aromatic carbocycles. The molecular weight excluding hydrogens is 312 g/mol. The summed E-state index contributed by atoms with van der Waals surface area (Å²) in [5.74, 6) is 0.164. The highest BCUT2D eigenvalue weighted by molar-refractivity contribution is 9.11. The van der Waals surface area contributed by atoms with Gasteiger partial charge in [0.2, 0.25) is 0 Å². The molecule has 1 amide bonds. The number of amides is 1. The summed E-state index contributed by atoms with van der Waals surface area (Å²) in [5, 5.41) is 3.62. The van der Waals surface area contributed by atoms with Crippen LogP contribution < -0.4 is 5.32 Å². The van der Waals surface area contributed by atoms with Crippen LogP contribution in [-0.2, 0) is 0 Å². The quantitative estimate of drug-likeness (QED) is 0.905. The lowest BCUT2D eigenvalue weighted by Crippen LogP contribution is -2.48. The highest BCUT2D eigenvalue weighted by atomic mass is 79.9. The minimum Gasteiger partial charge on any atom is -0.338 e. The van der Waals surface area contributed by atoms with Gasteiger partial charge in [-0.1, -0.05) is 0 Å². The molecule has 3 heterocycles. The van der Waals surface area contributed by atoms with E-state index in [1.165, 1.54) is 24.2 Å². The van der Waals surface area contributed by atoms with Crippen LogP contribution in [0.2, 0.25) is 0 Å². The first kappa shape index (κ1) is 12.6. The molecule has 0 radical (unpaired) electrons. The molecule has 2 fully saturated rings. The van der Waals surface area contributed by atoms with Crippen LogP contribution in [0.1, 0.15) is 35.4 Å². The molecule has 5 heteroatoms. The molecule has 0 spiro atoms. The van der Waals surface area contributed by atoms with Crippen molar-refractivity contribution in [3.8, 4) is 0 Å². The lowest BCUT2D eigenvalue weighted by Gasteiger charge is -2.35. The van der Waals surface area contributed by atoms with E-state index in [-0.39, 0.29) is 5.91 Å². The molecule has 1 N–H and O–H groups in total. The van der Waals surface area contributed by atoms with Crippen molar-refractivity contribution in [2.75, 3.05) is 7.05 Å². The Morgan fingerprint density at radius 3 is 2.61 bits per heavy atom. The lowest BCUT2D eigenvalue weighted by molar-refractivity contribution is 0.0686. The van der Waals surface area contributed by atoms with Crippen LogP contribution in [0.25, 0.3) is 0 Å². The standard InChI is InChI=1S/C13H17BrN2OS/c1-16(13(17)11-4-5-12(14)18-11)10-6-8-2-3-9(7-10)15-8/h4-5,8-10,15H,2-3,6-7H2,1H3. The zero-order valence-electron chi connectivity index (χ0n) is 10.4. The minimum absolute atomic E-state index is 0.164. The summed E-state index contributed by atoms with van der Waals surface area (Å²) in [4.78, 5) is 15.2. The Kier molecular flexibility index (Phi) is 3.47. The first-order valence-corrected chi connectivity index (χ1v) is 8.03. The van der Waals surface area contributed by atoms with Gasteiger partial charge in [0.05, 0.1) is 8.66 Å². The molecule has 0 saturated carbocycles. The SMILES string of the molecule is CN(C(=O)c1ccc(Br)s1)C1CC2CCC(C1)N2. The highest BCUT2D eigenvalue weighted by Crippen LogP contribution is 2.31. The third-order valence-corrected chi connectivity index (χ3v) is 5.71. The van der Waals surface area contributed by atoms with Crippen LogP contribution >= 0.6 is 27.3 Å². The van der Waals surface area contributed by atoms with Gasteiger partial charge in [-0.15, -0.1) is 11.3 Å². The molecule has 2 aliphatic rings. The third kappa shape index (κ3) is 2.36. The lowest BCUT2D eigenvalue weighted by atomic mass is 9.98. The molecule has 2 aliphatic heterocycles. The van der Waals surface area contributed by atoms with E-state index >= 15 is 0 Å². The van der Waals surface area contributed by atoms with Gasteiger partial charge in [-0.05, 0) is 53.7 Å². The summed E-state index contributed by atoms with van der Waals surface area (Å²) in [7, 11) is 1.95. The Morgan fingerprint density at radius 2 is 2.06 bits per heavy atom. The maximum atomic E-state index is 12.4. The number of carbonyl (C=O) groups excluding carboxylic acids is 1. The van der Waals surface area contributed by atoms with E-state index in [0.717, 1.165) is 21.5 Å². The van der Waals surface area contributed by atoms with Gasteiger partial charge < -0.3 is 10.2 Å². The van der Waals surface area contributed by atoms with Crippen molar-refractivity contribution < 1.29 is 4.79 Å². The van der Waals surface area contributed by atoms with Crippen LogP contribution in [0, 0.1) is 0 Å². The molecule has 0 aliphatic carbocycles. The van der Waals surface area contributed by atoms with Gasteiger partial charge in [-0.25, -0.2) is 0 Å². The Labute approximate surface area is 120 Å². The van der Waals surface area contributed by atoms with Crippen molar-refractivity contribution in [2.24, 2.45) is 0 Å². The molecule has 98 valence electrons. The molecular formula is C13H17BrN2OS. The average Bonchev–Trinajstić information content (AvgIpc) is 2.94. The predicted octanol–water partition coefficient (Wildman–Crippen LogP) is 2.87. The predicted molar refractivity (Wildman–Crippen MR) is 77.1 cm³/mol. The zero-order valence-corrected chi connectivity index (χ0v) is 12.8. The summed E-state index contributed by atoms with van der Waals surface area (Å²) in [6.45, 7) is 0. The monoisotopic (exact) mass is 328 g/mol. The molecule has 2 unspecified atom stereocenters. The van der Waals surface area contributed by atoms with Crippen molar-refractivity contribution in [1.82, 2.24) is 10.2 Å². The number of hydrogen-bond donors (Lipinski definition) is 1. The largest absolute Gasteiger partial charge is 0.338 e. The Balaban J connectivity index is 1.70. The number of halogens is 1. The van der Waals surface area contributed by atoms with E-state index in [1.807, 2.05) is 24.1 Å². The number of nitrogens with zero attached hydrogens (tertiary/aromatic N) is 1. The average molecular weight is 329 g/mol. The molecule has 1 aromatic heterocycles. The second-order valence-corrected chi connectivity index (χ2v) is 7.75. The van der Waals surface area contributed by atoms with Gasteiger partial charge >= 0.3 is 0 Å². The van der Waals surface area contributed by atoms with Gasteiger partial charge in [-0.2, -0.15) is 0 Å². The van der Waals surface area contributed by atoms with Gasteiger partial charge in [0, 0.05) is 25.2 Å². The van der Waals surface area contributed by atoms with E-state index in [9.17, 15) is 4.79 Å². The Bertz CT molecular complexity index is 450. The Hall–Kier alpha value is -0.390. The highest BCUT2D eigenvalue weighted by Gasteiger charge is 2.36. The third-order valence-electron chi connectivity index (χ3n) is 4.10. The van der Waals surface area contributed by atoms with E-state index in [1.54, 1.807) is 0 Å². The number of nitrogens with one attached hydrogen (secondary N) is 1. The number of hydrogen-bond acceptors (Lipinski definition) is 3. The fourth-order valence-corrected chi connectivity index (χ4v) is 4.48. The molecule has 3 nitrogen and oxygen atoms in total. The fraction of sp³-hybridized carbons (Fsp3) is 0.615. The topological polar surface area (TPSA) is 32.3 Å². The molecule has 1 aromatic rings. The van der Waals surface area contributed by atoms with Crippen LogP contribution in [0.3, 0.4) is 0 Å².